The van der Waals surface area contributed by atoms with Crippen LogP contribution in [0.2, 0.25) is 0 Å². The molecule has 0 amide bonds. The van der Waals surface area contributed by atoms with E-state index in [4.69, 9.17) is 4.18 Å². The first-order valence-electron chi connectivity index (χ1n) is 10.2. The zero-order valence-corrected chi connectivity index (χ0v) is 18.6. The highest BCUT2D eigenvalue weighted by molar-refractivity contribution is 7.86. The Morgan fingerprint density at radius 3 is 2.44 bits per heavy atom. The van der Waals surface area contributed by atoms with Crippen molar-refractivity contribution >= 4 is 21.0 Å². The van der Waals surface area contributed by atoms with Crippen LogP contribution in [0.5, 0.6) is 0 Å². The molecule has 4 rings (SSSR count). The fraction of sp³-hybridized carbons (Fsp3) is 0.200. The van der Waals surface area contributed by atoms with Gasteiger partial charge in [0.05, 0.1) is 17.5 Å². The van der Waals surface area contributed by atoms with Gasteiger partial charge in [0.15, 0.2) is 0 Å². The normalized spacial score (nSPS) is 13.9. The molecular formula is C25H24FNO4S. The fourth-order valence-corrected chi connectivity index (χ4v) is 4.79. The zero-order chi connectivity index (χ0) is 22.9. The van der Waals surface area contributed by atoms with E-state index < -0.39 is 34.7 Å². The van der Waals surface area contributed by atoms with Gasteiger partial charge >= 0.3 is 0 Å². The van der Waals surface area contributed by atoms with Crippen LogP contribution in [0.3, 0.4) is 0 Å². The third-order valence-corrected chi connectivity index (χ3v) is 6.83. The molecule has 0 spiro atoms. The van der Waals surface area contributed by atoms with Crippen LogP contribution in [-0.4, -0.2) is 30.8 Å². The average molecular weight is 454 g/mol. The summed E-state index contributed by atoms with van der Waals surface area (Å²) >= 11 is 0. The Hall–Kier alpha value is -3.00. The van der Waals surface area contributed by atoms with E-state index in [1.807, 2.05) is 48.9 Å². The monoisotopic (exact) mass is 453 g/mol. The predicted molar refractivity (Wildman–Crippen MR) is 122 cm³/mol. The minimum Gasteiger partial charge on any atom is -0.388 e. The molecule has 166 valence electrons. The summed E-state index contributed by atoms with van der Waals surface area (Å²) in [5, 5.41) is 12.1. The molecule has 32 heavy (non-hydrogen) atoms. The van der Waals surface area contributed by atoms with Crippen LogP contribution >= 0.6 is 0 Å². The third-order valence-electron chi connectivity index (χ3n) is 5.54. The highest BCUT2D eigenvalue weighted by Gasteiger charge is 2.27. The summed E-state index contributed by atoms with van der Waals surface area (Å²) in [5.74, 6) is -0.444. The van der Waals surface area contributed by atoms with E-state index in [1.165, 1.54) is 24.3 Å². The Morgan fingerprint density at radius 1 is 1.00 bits per heavy atom. The van der Waals surface area contributed by atoms with Crippen molar-refractivity contribution in [2.24, 2.45) is 0 Å². The van der Waals surface area contributed by atoms with Gasteiger partial charge < -0.3 is 9.67 Å². The minimum absolute atomic E-state index is 0.0136. The number of nitrogens with zero attached hydrogens (tertiary/aromatic N) is 1. The van der Waals surface area contributed by atoms with Gasteiger partial charge in [0.1, 0.15) is 11.9 Å². The van der Waals surface area contributed by atoms with Crippen molar-refractivity contribution < 1.29 is 22.1 Å². The average Bonchev–Trinajstić information content (AvgIpc) is 3.18. The van der Waals surface area contributed by atoms with Gasteiger partial charge in [-0.05, 0) is 61.4 Å². The molecule has 0 aliphatic heterocycles. The highest BCUT2D eigenvalue weighted by Crippen LogP contribution is 2.30. The highest BCUT2D eigenvalue weighted by atomic mass is 32.2. The first-order chi connectivity index (χ1) is 15.3. The molecule has 0 saturated heterocycles. The number of aliphatic hydroxyl groups is 1. The molecule has 1 aromatic heterocycles. The lowest BCUT2D eigenvalue weighted by atomic mass is 10.0. The summed E-state index contributed by atoms with van der Waals surface area (Å²) in [4.78, 5) is 0.0136. The zero-order valence-electron chi connectivity index (χ0n) is 17.8. The second-order valence-corrected chi connectivity index (χ2v) is 9.46. The predicted octanol–water partition coefficient (Wildman–Crippen LogP) is 4.75. The number of benzene rings is 3. The van der Waals surface area contributed by atoms with E-state index >= 15 is 0 Å². The molecular weight excluding hydrogens is 429 g/mol. The topological polar surface area (TPSA) is 68.5 Å². The van der Waals surface area contributed by atoms with Gasteiger partial charge in [-0.25, -0.2) is 4.39 Å². The van der Waals surface area contributed by atoms with Crippen molar-refractivity contribution in [3.8, 4) is 0 Å². The van der Waals surface area contributed by atoms with Crippen molar-refractivity contribution in [2.45, 2.75) is 30.9 Å². The largest absolute Gasteiger partial charge is 0.388 e. The van der Waals surface area contributed by atoms with Crippen molar-refractivity contribution in [2.75, 3.05) is 6.61 Å². The van der Waals surface area contributed by atoms with E-state index in [1.54, 1.807) is 24.3 Å². The van der Waals surface area contributed by atoms with Crippen LogP contribution in [0, 0.1) is 19.7 Å². The summed E-state index contributed by atoms with van der Waals surface area (Å²) in [6.45, 7) is 3.36. The molecule has 5 nitrogen and oxygen atoms in total. The standard InChI is InChI=1S/C25H24FNO4S/c1-17-9-11-21(12-10-17)32(29,30)31-16-24(28)25(19-6-4-7-20(26)15-19)27-14-13-22-18(2)5-3-8-23(22)27/h3-15,24-25,28H,16H2,1-2H3/t24-,25+/m1/s1. The smallest absolute Gasteiger partial charge is 0.297 e. The van der Waals surface area contributed by atoms with Crippen LogP contribution in [0.25, 0.3) is 10.9 Å². The SMILES string of the molecule is Cc1ccc(S(=O)(=O)OC[C@@H](O)[C@H](c2cccc(F)c2)n2ccc3c(C)cccc32)cc1. The second kappa shape index (κ2) is 8.86. The van der Waals surface area contributed by atoms with Crippen LogP contribution in [0.4, 0.5) is 4.39 Å². The Kier molecular flexibility index (Phi) is 6.15. The number of hydrogen-bond acceptors (Lipinski definition) is 4. The maximum Gasteiger partial charge on any atom is 0.297 e. The number of aromatic nitrogens is 1. The van der Waals surface area contributed by atoms with Crippen molar-refractivity contribution in [3.63, 3.8) is 0 Å². The van der Waals surface area contributed by atoms with E-state index in [2.05, 4.69) is 0 Å². The van der Waals surface area contributed by atoms with Crippen molar-refractivity contribution in [3.05, 3.63) is 102 Å². The lowest BCUT2D eigenvalue weighted by Gasteiger charge is -2.26. The summed E-state index contributed by atoms with van der Waals surface area (Å²) < 4.78 is 46.3. The number of aryl methyl sites for hydroxylation is 2. The van der Waals surface area contributed by atoms with Gasteiger partial charge in [-0.2, -0.15) is 8.42 Å². The Labute approximate surface area is 186 Å². The molecule has 4 aromatic rings. The van der Waals surface area contributed by atoms with Crippen LogP contribution in [0.1, 0.15) is 22.7 Å². The van der Waals surface area contributed by atoms with Crippen molar-refractivity contribution in [1.29, 1.82) is 0 Å². The molecule has 0 radical (unpaired) electrons. The molecule has 0 unspecified atom stereocenters. The van der Waals surface area contributed by atoms with Crippen LogP contribution < -0.4 is 0 Å². The van der Waals surface area contributed by atoms with Crippen LogP contribution in [0.15, 0.2) is 83.9 Å². The molecule has 0 aliphatic rings. The number of fused-ring (bicyclic) bond motifs is 1. The maximum atomic E-state index is 14.0. The van der Waals surface area contributed by atoms with Crippen LogP contribution in [-0.2, 0) is 14.3 Å². The summed E-state index contributed by atoms with van der Waals surface area (Å²) in [5.41, 5.74) is 3.34. The molecule has 7 heteroatoms. The van der Waals surface area contributed by atoms with Crippen molar-refractivity contribution in [1.82, 2.24) is 4.57 Å². The molecule has 1 N–H and O–H groups in total. The van der Waals surface area contributed by atoms with Gasteiger partial charge in [-0.3, -0.25) is 4.18 Å². The Morgan fingerprint density at radius 2 is 1.72 bits per heavy atom. The van der Waals surface area contributed by atoms with Gasteiger partial charge in [-0.15, -0.1) is 0 Å². The molecule has 2 atom stereocenters. The minimum atomic E-state index is -4.06. The lowest BCUT2D eigenvalue weighted by Crippen LogP contribution is -2.30. The molecule has 0 aliphatic carbocycles. The number of halogens is 1. The van der Waals surface area contributed by atoms with Gasteiger partial charge in [0, 0.05) is 17.1 Å². The number of rotatable bonds is 7. The first-order valence-corrected chi connectivity index (χ1v) is 11.6. The van der Waals surface area contributed by atoms with Gasteiger partial charge in [-0.1, -0.05) is 42.0 Å². The molecule has 3 aromatic carbocycles. The summed E-state index contributed by atoms with van der Waals surface area (Å²) in [7, 11) is -4.06. The first kappa shape index (κ1) is 22.2. The molecule has 0 saturated carbocycles. The van der Waals surface area contributed by atoms with E-state index in [9.17, 15) is 17.9 Å². The number of hydrogen-bond donors (Lipinski definition) is 1. The summed E-state index contributed by atoms with van der Waals surface area (Å²) in [6, 6.07) is 19.2. The second-order valence-electron chi connectivity index (χ2n) is 7.85. The van der Waals surface area contributed by atoms with E-state index in [-0.39, 0.29) is 4.90 Å². The van der Waals surface area contributed by atoms with Gasteiger partial charge in [0.25, 0.3) is 10.1 Å². The van der Waals surface area contributed by atoms with E-state index in [0.717, 1.165) is 22.0 Å². The quantitative estimate of drug-likeness (QED) is 0.410. The Balaban J connectivity index is 1.68. The molecule has 0 fully saturated rings. The number of aliphatic hydroxyl groups excluding tert-OH is 1. The lowest BCUT2D eigenvalue weighted by molar-refractivity contribution is 0.0784. The van der Waals surface area contributed by atoms with Gasteiger partial charge in [0.2, 0.25) is 0 Å². The van der Waals surface area contributed by atoms with E-state index in [0.29, 0.717) is 5.56 Å². The third kappa shape index (κ3) is 4.46. The summed E-state index contributed by atoms with van der Waals surface area (Å²) in [6.07, 6.45) is 0.554. The molecule has 0 bridgehead atoms. The Bertz CT molecular complexity index is 1350. The molecule has 1 heterocycles. The fourth-order valence-electron chi connectivity index (χ4n) is 3.87. The maximum absolute atomic E-state index is 14.0.